The van der Waals surface area contributed by atoms with Gasteiger partial charge in [-0.1, -0.05) is 0 Å². The molecule has 0 unspecified atom stereocenters. The lowest BCUT2D eigenvalue weighted by molar-refractivity contribution is -0.149. The van der Waals surface area contributed by atoms with Crippen LogP contribution in [0.15, 0.2) is 0 Å². The SMILES string of the molecule is O=C(O)CCC(=O)OCCCCOC(=O)CCC(=O)O.OCCO. The Kier molecular flexibility index (Phi) is 17.2. The summed E-state index contributed by atoms with van der Waals surface area (Å²) < 4.78 is 9.52. The molecule has 0 saturated heterocycles. The highest BCUT2D eigenvalue weighted by atomic mass is 16.5. The van der Waals surface area contributed by atoms with Crippen molar-refractivity contribution in [3.05, 3.63) is 0 Å². The van der Waals surface area contributed by atoms with Crippen LogP contribution in [-0.2, 0) is 28.7 Å². The number of carboxylic acids is 2. The van der Waals surface area contributed by atoms with Gasteiger partial charge >= 0.3 is 23.9 Å². The van der Waals surface area contributed by atoms with Crippen LogP contribution in [0.5, 0.6) is 0 Å². The van der Waals surface area contributed by atoms with Crippen molar-refractivity contribution in [1.82, 2.24) is 0 Å². The Morgan fingerprint density at radius 1 is 0.625 bits per heavy atom. The molecule has 0 amide bonds. The van der Waals surface area contributed by atoms with Crippen LogP contribution < -0.4 is 0 Å². The smallest absolute Gasteiger partial charge is 0.306 e. The van der Waals surface area contributed by atoms with Crippen molar-refractivity contribution >= 4 is 23.9 Å². The highest BCUT2D eigenvalue weighted by Crippen LogP contribution is 1.98. The van der Waals surface area contributed by atoms with Gasteiger partial charge in [-0.15, -0.1) is 0 Å². The summed E-state index contributed by atoms with van der Waals surface area (Å²) in [7, 11) is 0. The van der Waals surface area contributed by atoms with Gasteiger partial charge in [0.05, 0.1) is 52.1 Å². The van der Waals surface area contributed by atoms with E-state index in [0.717, 1.165) is 0 Å². The molecule has 0 aromatic carbocycles. The Balaban J connectivity index is 0. The summed E-state index contributed by atoms with van der Waals surface area (Å²) in [5.74, 6) is -3.28. The number of rotatable bonds is 12. The van der Waals surface area contributed by atoms with Crippen LogP contribution in [0, 0.1) is 0 Å². The second-order valence-electron chi connectivity index (χ2n) is 4.38. The number of unbranched alkanes of at least 4 members (excludes halogenated alkanes) is 1. The first kappa shape index (κ1) is 24.1. The molecule has 0 aliphatic heterocycles. The second kappa shape index (κ2) is 17.2. The van der Waals surface area contributed by atoms with Crippen LogP contribution in [0.4, 0.5) is 0 Å². The number of hydrogen-bond acceptors (Lipinski definition) is 8. The molecule has 10 heteroatoms. The molecule has 0 spiro atoms. The summed E-state index contributed by atoms with van der Waals surface area (Å²) in [6.45, 7) is 0.0102. The number of aliphatic hydroxyl groups excluding tert-OH is 2. The molecule has 0 saturated carbocycles. The maximum Gasteiger partial charge on any atom is 0.306 e. The van der Waals surface area contributed by atoms with Crippen LogP contribution >= 0.6 is 0 Å². The Bertz CT molecular complexity index is 344. The maximum absolute atomic E-state index is 11.0. The number of ether oxygens (including phenoxy) is 2. The highest BCUT2D eigenvalue weighted by Gasteiger charge is 2.07. The number of carbonyl (C=O) groups excluding carboxylic acids is 2. The minimum atomic E-state index is -1.06. The van der Waals surface area contributed by atoms with Crippen molar-refractivity contribution < 1.29 is 49.1 Å². The van der Waals surface area contributed by atoms with Crippen molar-refractivity contribution in [1.29, 1.82) is 0 Å². The van der Waals surface area contributed by atoms with E-state index in [1.165, 1.54) is 0 Å². The third kappa shape index (κ3) is 22.1. The van der Waals surface area contributed by atoms with Gasteiger partial charge < -0.3 is 29.9 Å². The lowest BCUT2D eigenvalue weighted by Crippen LogP contribution is -2.10. The summed E-state index contributed by atoms with van der Waals surface area (Å²) in [4.78, 5) is 42.4. The van der Waals surface area contributed by atoms with Crippen LogP contribution in [0.2, 0.25) is 0 Å². The molecular formula is C14H24O10. The van der Waals surface area contributed by atoms with Crippen LogP contribution in [0.3, 0.4) is 0 Å². The van der Waals surface area contributed by atoms with Crippen LogP contribution in [-0.4, -0.2) is 70.7 Å². The largest absolute Gasteiger partial charge is 0.481 e. The Hall–Kier alpha value is -2.20. The molecule has 0 radical (unpaired) electrons. The van der Waals surface area contributed by atoms with Gasteiger partial charge in [0.1, 0.15) is 0 Å². The maximum atomic E-state index is 11.0. The number of aliphatic carboxylic acids is 2. The van der Waals surface area contributed by atoms with Gasteiger partial charge in [-0.25, -0.2) is 0 Å². The minimum absolute atomic E-state index is 0.125. The molecule has 0 aliphatic carbocycles. The van der Waals surface area contributed by atoms with Crippen molar-refractivity contribution in [3.8, 4) is 0 Å². The molecule has 0 heterocycles. The third-order valence-electron chi connectivity index (χ3n) is 2.25. The second-order valence-corrected chi connectivity index (χ2v) is 4.38. The van der Waals surface area contributed by atoms with Crippen LogP contribution in [0.25, 0.3) is 0 Å². The molecule has 4 N–H and O–H groups in total. The highest BCUT2D eigenvalue weighted by molar-refractivity contribution is 5.77. The number of carbonyl (C=O) groups is 4. The predicted octanol–water partition coefficient (Wildman–Crippen LogP) is -0.446. The fraction of sp³-hybridized carbons (Fsp3) is 0.714. The first-order valence-corrected chi connectivity index (χ1v) is 7.30. The zero-order valence-corrected chi connectivity index (χ0v) is 13.3. The van der Waals surface area contributed by atoms with E-state index in [1.807, 2.05) is 0 Å². The summed E-state index contributed by atoms with van der Waals surface area (Å²) in [6.07, 6.45) is 0.0924. The molecule has 0 aromatic rings. The zero-order chi connectivity index (χ0) is 18.8. The zero-order valence-electron chi connectivity index (χ0n) is 13.3. The van der Waals surface area contributed by atoms with Gasteiger partial charge in [-0.2, -0.15) is 0 Å². The molecule has 0 aliphatic rings. The lowest BCUT2D eigenvalue weighted by Gasteiger charge is -2.05. The monoisotopic (exact) mass is 352 g/mol. The molecule has 0 atom stereocenters. The molecular weight excluding hydrogens is 328 g/mol. The number of hydrogen-bond donors (Lipinski definition) is 4. The third-order valence-corrected chi connectivity index (χ3v) is 2.25. The van der Waals surface area contributed by atoms with Gasteiger partial charge in [-0.05, 0) is 12.8 Å². The average molecular weight is 352 g/mol. The van der Waals surface area contributed by atoms with Crippen molar-refractivity contribution in [2.75, 3.05) is 26.4 Å². The van der Waals surface area contributed by atoms with E-state index in [4.69, 9.17) is 29.9 Å². The van der Waals surface area contributed by atoms with E-state index in [9.17, 15) is 19.2 Å². The standard InChI is InChI=1S/C12H18O8.C2H6O2/c13-9(14)3-5-11(17)19-7-1-2-8-20-12(18)6-4-10(15)16;3-1-2-4/h1-8H2,(H,13,14)(H,15,16);3-4H,1-2H2. The van der Waals surface area contributed by atoms with Gasteiger partial charge in [0, 0.05) is 0 Å². The van der Waals surface area contributed by atoms with E-state index >= 15 is 0 Å². The fourth-order valence-electron chi connectivity index (χ4n) is 1.14. The number of carboxylic acid groups (broad SMARTS) is 2. The summed E-state index contributed by atoms with van der Waals surface area (Å²) in [6, 6.07) is 0. The summed E-state index contributed by atoms with van der Waals surface area (Å²) >= 11 is 0. The summed E-state index contributed by atoms with van der Waals surface area (Å²) in [5, 5.41) is 31.9. The van der Waals surface area contributed by atoms with Gasteiger partial charge in [0.2, 0.25) is 0 Å². The molecule has 0 rings (SSSR count). The van der Waals surface area contributed by atoms with Crippen molar-refractivity contribution in [2.45, 2.75) is 38.5 Å². The normalized spacial score (nSPS) is 9.42. The Morgan fingerprint density at radius 3 is 1.21 bits per heavy atom. The van der Waals surface area contributed by atoms with E-state index in [0.29, 0.717) is 12.8 Å². The molecule has 140 valence electrons. The number of esters is 2. The first-order chi connectivity index (χ1) is 11.3. The molecule has 0 aromatic heterocycles. The Morgan fingerprint density at radius 2 is 0.958 bits per heavy atom. The van der Waals surface area contributed by atoms with Crippen molar-refractivity contribution in [2.24, 2.45) is 0 Å². The van der Waals surface area contributed by atoms with Gasteiger partial charge in [0.15, 0.2) is 0 Å². The fourth-order valence-corrected chi connectivity index (χ4v) is 1.14. The van der Waals surface area contributed by atoms with E-state index in [-0.39, 0.29) is 52.1 Å². The topological polar surface area (TPSA) is 168 Å². The number of aliphatic hydroxyl groups is 2. The van der Waals surface area contributed by atoms with Gasteiger partial charge in [-0.3, -0.25) is 19.2 Å². The summed E-state index contributed by atoms with van der Waals surface area (Å²) in [5.41, 5.74) is 0. The minimum Gasteiger partial charge on any atom is -0.481 e. The van der Waals surface area contributed by atoms with Gasteiger partial charge in [0.25, 0.3) is 0 Å². The molecule has 0 fully saturated rings. The first-order valence-electron chi connectivity index (χ1n) is 7.30. The lowest BCUT2D eigenvalue weighted by atomic mass is 10.3. The van der Waals surface area contributed by atoms with Crippen molar-refractivity contribution in [3.63, 3.8) is 0 Å². The molecule has 0 bridgehead atoms. The van der Waals surface area contributed by atoms with E-state index in [2.05, 4.69) is 0 Å². The average Bonchev–Trinajstić information content (AvgIpc) is 2.54. The predicted molar refractivity (Wildman–Crippen MR) is 79.1 cm³/mol. The van der Waals surface area contributed by atoms with E-state index in [1.54, 1.807) is 0 Å². The Labute approximate surface area is 139 Å². The van der Waals surface area contributed by atoms with E-state index < -0.39 is 23.9 Å². The molecule has 10 nitrogen and oxygen atoms in total. The van der Waals surface area contributed by atoms with Crippen LogP contribution in [0.1, 0.15) is 38.5 Å². The quantitative estimate of drug-likeness (QED) is 0.267. The molecule has 24 heavy (non-hydrogen) atoms.